The molecule has 0 fully saturated rings. The molecule has 5 nitrogen and oxygen atoms in total. The van der Waals surface area contributed by atoms with E-state index in [0.29, 0.717) is 21.8 Å². The van der Waals surface area contributed by atoms with Crippen molar-refractivity contribution >= 4 is 29.8 Å². The van der Waals surface area contributed by atoms with Gasteiger partial charge < -0.3 is 4.74 Å². The number of carbonyl (C=O) groups is 1. The lowest BCUT2D eigenvalue weighted by atomic mass is 10.1. The Morgan fingerprint density at radius 2 is 1.73 bits per heavy atom. The Hall–Kier alpha value is -3.16. The van der Waals surface area contributed by atoms with Gasteiger partial charge in [0.15, 0.2) is 5.78 Å². The van der Waals surface area contributed by atoms with E-state index in [-0.39, 0.29) is 12.3 Å². The third-order valence-electron chi connectivity index (χ3n) is 5.26. The first kappa shape index (κ1) is 23.0. The van der Waals surface area contributed by atoms with Gasteiger partial charge in [0, 0.05) is 16.1 Å². The summed E-state index contributed by atoms with van der Waals surface area (Å²) in [5, 5.41) is 4.76. The Balaban J connectivity index is 1.65. The van der Waals surface area contributed by atoms with E-state index in [1.807, 2.05) is 29.7 Å². The van der Waals surface area contributed by atoms with Gasteiger partial charge in [-0.3, -0.25) is 9.36 Å². The topological polar surface area (TPSA) is 49.1 Å². The molecule has 3 aromatic carbocycles. The summed E-state index contributed by atoms with van der Waals surface area (Å²) in [5.74, 6) is 2.09. The number of aromatic nitrogens is 3. The minimum absolute atomic E-state index is 0.0552. The molecule has 0 radical (unpaired) electrons. The summed E-state index contributed by atoms with van der Waals surface area (Å²) in [7, 11) is 1.60. The van der Waals surface area contributed by atoms with E-state index in [9.17, 15) is 4.79 Å². The molecule has 0 bridgehead atoms. The zero-order chi connectivity index (χ0) is 23.4. The van der Waals surface area contributed by atoms with Crippen LogP contribution in [0, 0.1) is 18.6 Å². The van der Waals surface area contributed by atoms with Gasteiger partial charge in [-0.05, 0) is 80.2 Å². The first-order valence-electron chi connectivity index (χ1n) is 10.6. The Kier molecular flexibility index (Phi) is 7.11. The number of aryl methyl sites for hydroxylation is 2. The molecule has 0 saturated heterocycles. The molecule has 0 N–H and O–H groups in total. The predicted molar refractivity (Wildman–Crippen MR) is 135 cm³/mol. The van der Waals surface area contributed by atoms with Crippen LogP contribution >= 0.6 is 24.0 Å². The number of benzene rings is 3. The lowest BCUT2D eigenvalue weighted by Gasteiger charge is -2.08. The lowest BCUT2D eigenvalue weighted by molar-refractivity contribution is 0.0967. The number of ether oxygens (including phenoxy) is 1. The minimum Gasteiger partial charge on any atom is -0.497 e. The molecule has 7 heteroatoms. The van der Waals surface area contributed by atoms with Crippen LogP contribution in [-0.2, 0) is 12.3 Å². The monoisotopic (exact) mass is 475 g/mol. The molecule has 0 amide bonds. The molecule has 0 unspecified atom stereocenters. The minimum atomic E-state index is -0.0552. The smallest absolute Gasteiger partial charge is 0.202 e. The first-order valence-corrected chi connectivity index (χ1v) is 12.0. The predicted octanol–water partition coefficient (Wildman–Crippen LogP) is 6.20. The van der Waals surface area contributed by atoms with Crippen molar-refractivity contribution in [3.8, 4) is 11.4 Å². The van der Waals surface area contributed by atoms with Gasteiger partial charge in [0.05, 0.1) is 12.9 Å². The Labute approximate surface area is 203 Å². The number of rotatable bonds is 8. The van der Waals surface area contributed by atoms with E-state index in [2.05, 4.69) is 37.3 Å². The van der Waals surface area contributed by atoms with Gasteiger partial charge in [0.1, 0.15) is 18.1 Å². The molecule has 0 spiro atoms. The largest absolute Gasteiger partial charge is 0.497 e. The average molecular weight is 476 g/mol. The van der Waals surface area contributed by atoms with Gasteiger partial charge in [-0.2, -0.15) is 5.10 Å². The zero-order valence-corrected chi connectivity index (χ0v) is 20.5. The molecular formula is C26H25N3O2S2. The van der Waals surface area contributed by atoms with E-state index >= 15 is 0 Å². The Morgan fingerprint density at radius 3 is 2.39 bits per heavy atom. The van der Waals surface area contributed by atoms with E-state index in [1.54, 1.807) is 47.8 Å². The van der Waals surface area contributed by atoms with E-state index in [0.717, 1.165) is 22.0 Å². The third-order valence-corrected chi connectivity index (χ3v) is 6.66. The van der Waals surface area contributed by atoms with Crippen molar-refractivity contribution < 1.29 is 9.53 Å². The van der Waals surface area contributed by atoms with E-state index in [4.69, 9.17) is 22.1 Å². The number of hydrogen-bond donors (Lipinski definition) is 0. The maximum Gasteiger partial charge on any atom is 0.202 e. The second-order valence-corrected chi connectivity index (χ2v) is 9.20. The number of nitrogens with zero attached hydrogens (tertiary/aromatic N) is 3. The average Bonchev–Trinajstić information content (AvgIpc) is 3.13. The highest BCUT2D eigenvalue weighted by atomic mass is 32.2. The highest BCUT2D eigenvalue weighted by Gasteiger charge is 2.16. The van der Waals surface area contributed by atoms with Crippen molar-refractivity contribution in [2.75, 3.05) is 7.11 Å². The van der Waals surface area contributed by atoms with Gasteiger partial charge in [0.25, 0.3) is 0 Å². The normalized spacial score (nSPS) is 10.9. The van der Waals surface area contributed by atoms with Crippen LogP contribution in [-0.4, -0.2) is 27.2 Å². The number of carbonyl (C=O) groups excluding carboxylic acids is 1. The van der Waals surface area contributed by atoms with E-state index < -0.39 is 0 Å². The van der Waals surface area contributed by atoms with Crippen molar-refractivity contribution in [2.45, 2.75) is 31.0 Å². The third kappa shape index (κ3) is 5.43. The van der Waals surface area contributed by atoms with Gasteiger partial charge in [-0.25, -0.2) is 4.68 Å². The number of thioether (sulfide) groups is 1. The van der Waals surface area contributed by atoms with Crippen molar-refractivity contribution in [2.24, 2.45) is 0 Å². The van der Waals surface area contributed by atoms with Crippen molar-refractivity contribution in [3.63, 3.8) is 0 Å². The molecule has 4 aromatic rings. The van der Waals surface area contributed by atoms with Gasteiger partial charge in [0.2, 0.25) is 4.77 Å². The van der Waals surface area contributed by atoms with Gasteiger partial charge >= 0.3 is 0 Å². The van der Waals surface area contributed by atoms with Crippen molar-refractivity contribution in [1.82, 2.24) is 14.3 Å². The van der Waals surface area contributed by atoms with Crippen LogP contribution in [0.5, 0.6) is 5.75 Å². The summed E-state index contributed by atoms with van der Waals surface area (Å²) < 4.78 is 9.27. The van der Waals surface area contributed by atoms with Crippen LogP contribution in [0.2, 0.25) is 0 Å². The van der Waals surface area contributed by atoms with Crippen LogP contribution in [0.4, 0.5) is 0 Å². The molecule has 4 rings (SSSR count). The van der Waals surface area contributed by atoms with Crippen LogP contribution in [0.1, 0.15) is 27.3 Å². The summed E-state index contributed by atoms with van der Waals surface area (Å²) in [4.78, 5) is 14.1. The fourth-order valence-electron chi connectivity index (χ4n) is 3.46. The quantitative estimate of drug-likeness (QED) is 0.172. The van der Waals surface area contributed by atoms with Crippen LogP contribution in [0.25, 0.3) is 5.69 Å². The zero-order valence-electron chi connectivity index (χ0n) is 18.8. The fourth-order valence-corrected chi connectivity index (χ4v) is 4.59. The van der Waals surface area contributed by atoms with Crippen molar-refractivity contribution in [1.29, 1.82) is 0 Å². The molecule has 33 heavy (non-hydrogen) atoms. The lowest BCUT2D eigenvalue weighted by Crippen LogP contribution is -2.12. The highest BCUT2D eigenvalue weighted by Crippen LogP contribution is 2.25. The molecule has 0 aliphatic carbocycles. The van der Waals surface area contributed by atoms with E-state index in [1.165, 1.54) is 5.56 Å². The molecule has 0 aliphatic rings. The summed E-state index contributed by atoms with van der Waals surface area (Å²) in [6, 6.07) is 23.6. The summed E-state index contributed by atoms with van der Waals surface area (Å²) in [5.41, 5.74) is 3.90. The number of Topliss-reactive ketones (excluding diaryl/α,β-unsaturated/α-hetero) is 1. The molecule has 1 heterocycles. The van der Waals surface area contributed by atoms with Gasteiger partial charge in [-0.1, -0.05) is 29.8 Å². The molecule has 168 valence electrons. The van der Waals surface area contributed by atoms with Crippen LogP contribution < -0.4 is 4.74 Å². The number of methoxy groups -OCH3 is 1. The molecular weight excluding hydrogens is 450 g/mol. The Bertz CT molecular complexity index is 1320. The van der Waals surface area contributed by atoms with Crippen molar-refractivity contribution in [3.05, 3.63) is 100 Å². The number of ketones is 1. The summed E-state index contributed by atoms with van der Waals surface area (Å²) in [6.07, 6.45) is 0. The standard InChI is InChI=1S/C26H25N3O2S2/c1-18-7-13-23(14-8-18)33-17-25-27-28(16-24(30)20-9-11-22(31-3)12-10-20)26(32)29(25)21-6-4-5-19(2)15-21/h4-15H,16-17H2,1-3H3. The SMILES string of the molecule is COc1ccc(C(=O)Cn2nc(CSc3ccc(C)cc3)n(-c3cccc(C)c3)c2=S)cc1. The molecule has 0 saturated carbocycles. The second kappa shape index (κ2) is 10.2. The number of hydrogen-bond acceptors (Lipinski definition) is 5. The summed E-state index contributed by atoms with van der Waals surface area (Å²) in [6.45, 7) is 4.20. The maximum absolute atomic E-state index is 12.9. The Morgan fingerprint density at radius 1 is 1.00 bits per heavy atom. The summed E-state index contributed by atoms with van der Waals surface area (Å²) >= 11 is 7.47. The van der Waals surface area contributed by atoms with Gasteiger partial charge in [-0.15, -0.1) is 11.8 Å². The van der Waals surface area contributed by atoms with Crippen LogP contribution in [0.15, 0.2) is 77.7 Å². The molecule has 0 atom stereocenters. The molecule has 1 aromatic heterocycles. The fraction of sp³-hybridized carbons (Fsp3) is 0.192. The second-order valence-electron chi connectivity index (χ2n) is 7.78. The highest BCUT2D eigenvalue weighted by molar-refractivity contribution is 7.98. The van der Waals surface area contributed by atoms with Crippen LogP contribution in [0.3, 0.4) is 0 Å². The maximum atomic E-state index is 12.9. The molecule has 0 aliphatic heterocycles. The first-order chi connectivity index (χ1) is 15.9.